The molecular weight excluding hydrogens is 416 g/mol. The first-order chi connectivity index (χ1) is 14.3. The minimum absolute atomic E-state index is 0.0110. The number of halogens is 4. The van der Waals surface area contributed by atoms with Gasteiger partial charge in [0.25, 0.3) is 0 Å². The maximum absolute atomic E-state index is 13.2. The Bertz CT molecular complexity index is 796. The molecule has 1 aromatic carbocycles. The Morgan fingerprint density at radius 1 is 1.10 bits per heavy atom. The number of rotatable bonds is 4. The quantitative estimate of drug-likeness (QED) is 0.632. The smallest absolute Gasteiger partial charge is 0.444 e. The average molecular weight is 444 g/mol. The van der Waals surface area contributed by atoms with Gasteiger partial charge in [0.2, 0.25) is 0 Å². The minimum atomic E-state index is -4.95. The highest BCUT2D eigenvalue weighted by Gasteiger charge is 2.52. The molecule has 1 saturated heterocycles. The maximum atomic E-state index is 13.2. The van der Waals surface area contributed by atoms with Crippen LogP contribution in [0.2, 0.25) is 0 Å². The van der Waals surface area contributed by atoms with Crippen molar-refractivity contribution in [1.29, 1.82) is 0 Å². The Morgan fingerprint density at radius 3 is 2.19 bits per heavy atom. The molecule has 1 aromatic rings. The van der Waals surface area contributed by atoms with E-state index in [0.717, 1.165) is 10.5 Å². The van der Waals surface area contributed by atoms with Gasteiger partial charge < -0.3 is 14.5 Å². The molecule has 9 heteroatoms. The number of benzene rings is 1. The van der Waals surface area contributed by atoms with Crippen molar-refractivity contribution in [1.82, 2.24) is 9.80 Å². The van der Waals surface area contributed by atoms with Gasteiger partial charge >= 0.3 is 18.2 Å². The van der Waals surface area contributed by atoms with Crippen LogP contribution >= 0.6 is 0 Å². The van der Waals surface area contributed by atoms with Crippen molar-refractivity contribution in [3.63, 3.8) is 0 Å². The Kier molecular flexibility index (Phi) is 6.53. The number of alkyl halides is 3. The van der Waals surface area contributed by atoms with Crippen LogP contribution in [-0.2, 0) is 9.53 Å². The predicted octanol–water partition coefficient (Wildman–Crippen LogP) is 4.72. The van der Waals surface area contributed by atoms with Gasteiger partial charge in [-0.3, -0.25) is 4.79 Å². The van der Waals surface area contributed by atoms with Gasteiger partial charge in [-0.1, -0.05) is 12.1 Å². The summed E-state index contributed by atoms with van der Waals surface area (Å²) >= 11 is 0. The van der Waals surface area contributed by atoms with Crippen LogP contribution in [0.5, 0.6) is 0 Å². The number of carbonyl (C=O) groups is 2. The molecule has 2 unspecified atom stereocenters. The van der Waals surface area contributed by atoms with Gasteiger partial charge in [-0.25, -0.2) is 9.18 Å². The number of piperidine rings is 1. The summed E-state index contributed by atoms with van der Waals surface area (Å²) in [7, 11) is 0. The Balaban J connectivity index is 1.62. The van der Waals surface area contributed by atoms with Crippen LogP contribution in [0.4, 0.5) is 22.4 Å². The van der Waals surface area contributed by atoms with Crippen LogP contribution in [0.1, 0.15) is 51.5 Å². The summed E-state index contributed by atoms with van der Waals surface area (Å²) in [4.78, 5) is 26.8. The van der Waals surface area contributed by atoms with E-state index in [1.807, 2.05) is 0 Å². The molecule has 0 aromatic heterocycles. The zero-order valence-corrected chi connectivity index (χ0v) is 17.9. The summed E-state index contributed by atoms with van der Waals surface area (Å²) in [5, 5.41) is 0. The Labute approximate surface area is 179 Å². The zero-order valence-electron chi connectivity index (χ0n) is 17.9. The molecular formula is C22H28F4N2O3. The van der Waals surface area contributed by atoms with Crippen LogP contribution < -0.4 is 0 Å². The van der Waals surface area contributed by atoms with E-state index in [0.29, 0.717) is 32.4 Å². The molecule has 0 N–H and O–H groups in total. The molecule has 1 saturated carbocycles. The third-order valence-corrected chi connectivity index (χ3v) is 5.68. The summed E-state index contributed by atoms with van der Waals surface area (Å²) in [6, 6.07) is 5.09. The highest BCUT2D eigenvalue weighted by molar-refractivity contribution is 5.82. The molecule has 1 heterocycles. The van der Waals surface area contributed by atoms with Crippen LogP contribution in [0.3, 0.4) is 0 Å². The van der Waals surface area contributed by atoms with Crippen molar-refractivity contribution in [3.05, 3.63) is 35.6 Å². The number of ether oxygens (including phenoxy) is 1. The Hall–Kier alpha value is -2.32. The largest absolute Gasteiger partial charge is 0.471 e. The molecule has 31 heavy (non-hydrogen) atoms. The van der Waals surface area contributed by atoms with Gasteiger partial charge in [-0.15, -0.1) is 0 Å². The van der Waals surface area contributed by atoms with Crippen molar-refractivity contribution in [2.24, 2.45) is 5.92 Å². The first-order valence-corrected chi connectivity index (χ1v) is 10.5. The van der Waals surface area contributed by atoms with Gasteiger partial charge in [0.05, 0.1) is 0 Å². The standard InChI is InChI=1S/C22H28F4N2O3/c1-21(2,3)31-20(30)27-10-8-14(9-11-27)13-28(19(29)22(24,25)26)18-12-17(18)15-4-6-16(23)7-5-15/h4-7,14,17-18H,8-13H2,1-3H3. The van der Waals surface area contributed by atoms with Crippen molar-refractivity contribution >= 4 is 12.0 Å². The average Bonchev–Trinajstić information content (AvgIpc) is 3.45. The van der Waals surface area contributed by atoms with E-state index in [2.05, 4.69) is 0 Å². The molecule has 2 atom stereocenters. The molecule has 172 valence electrons. The van der Waals surface area contributed by atoms with Gasteiger partial charge in [-0.05, 0) is 63.6 Å². The number of hydrogen-bond donors (Lipinski definition) is 0. The molecule has 1 aliphatic carbocycles. The van der Waals surface area contributed by atoms with Gasteiger partial charge in [-0.2, -0.15) is 13.2 Å². The molecule has 2 amide bonds. The molecule has 1 aliphatic heterocycles. The normalized spacial score (nSPS) is 22.2. The molecule has 2 aliphatic rings. The van der Waals surface area contributed by atoms with E-state index in [4.69, 9.17) is 4.74 Å². The fraction of sp³-hybridized carbons (Fsp3) is 0.636. The maximum Gasteiger partial charge on any atom is 0.471 e. The summed E-state index contributed by atoms with van der Waals surface area (Å²) in [6.45, 7) is 6.05. The van der Waals surface area contributed by atoms with Crippen LogP contribution in [0.15, 0.2) is 24.3 Å². The topological polar surface area (TPSA) is 49.9 Å². The molecule has 2 fully saturated rings. The van der Waals surface area contributed by atoms with Gasteiger partial charge in [0.15, 0.2) is 0 Å². The molecule has 5 nitrogen and oxygen atoms in total. The molecule has 0 spiro atoms. The molecule has 0 radical (unpaired) electrons. The van der Waals surface area contributed by atoms with Gasteiger partial charge in [0.1, 0.15) is 11.4 Å². The van der Waals surface area contributed by atoms with Crippen molar-refractivity contribution in [2.75, 3.05) is 19.6 Å². The Morgan fingerprint density at radius 2 is 1.68 bits per heavy atom. The summed E-state index contributed by atoms with van der Waals surface area (Å²) in [5.41, 5.74) is 0.108. The van der Waals surface area contributed by atoms with Gasteiger partial charge in [0, 0.05) is 31.6 Å². The second-order valence-electron chi connectivity index (χ2n) is 9.33. The first kappa shape index (κ1) is 23.3. The number of nitrogens with zero attached hydrogens (tertiary/aromatic N) is 2. The van der Waals surface area contributed by atoms with Crippen LogP contribution in [-0.4, -0.2) is 59.3 Å². The van der Waals surface area contributed by atoms with Crippen LogP contribution in [0.25, 0.3) is 0 Å². The number of amides is 2. The monoisotopic (exact) mass is 444 g/mol. The summed E-state index contributed by atoms with van der Waals surface area (Å²) in [6.07, 6.45) is -3.98. The lowest BCUT2D eigenvalue weighted by Crippen LogP contribution is -2.48. The van der Waals surface area contributed by atoms with E-state index >= 15 is 0 Å². The van der Waals surface area contributed by atoms with E-state index in [1.54, 1.807) is 37.8 Å². The van der Waals surface area contributed by atoms with Crippen molar-refractivity contribution in [2.45, 2.75) is 63.8 Å². The van der Waals surface area contributed by atoms with Crippen LogP contribution in [0, 0.1) is 11.7 Å². The zero-order chi connectivity index (χ0) is 23.0. The fourth-order valence-corrected chi connectivity index (χ4v) is 4.03. The van der Waals surface area contributed by atoms with E-state index in [9.17, 15) is 27.2 Å². The third kappa shape index (κ3) is 6.11. The highest BCUT2D eigenvalue weighted by atomic mass is 19.4. The van der Waals surface area contributed by atoms with Crippen molar-refractivity contribution < 1.29 is 31.9 Å². The molecule has 3 rings (SSSR count). The number of hydrogen-bond acceptors (Lipinski definition) is 3. The summed E-state index contributed by atoms with van der Waals surface area (Å²) < 4.78 is 58.2. The fourth-order valence-electron chi connectivity index (χ4n) is 4.03. The van der Waals surface area contributed by atoms with Crippen molar-refractivity contribution in [3.8, 4) is 0 Å². The summed E-state index contributed by atoms with van der Waals surface area (Å²) in [5.74, 6) is -2.62. The highest BCUT2D eigenvalue weighted by Crippen LogP contribution is 2.46. The number of carbonyl (C=O) groups excluding carboxylic acids is 2. The lowest BCUT2D eigenvalue weighted by molar-refractivity contribution is -0.187. The second-order valence-corrected chi connectivity index (χ2v) is 9.33. The van der Waals surface area contributed by atoms with E-state index in [-0.39, 0.29) is 18.4 Å². The lowest BCUT2D eigenvalue weighted by atomic mass is 9.96. The predicted molar refractivity (Wildman–Crippen MR) is 106 cm³/mol. The van der Waals surface area contributed by atoms with E-state index in [1.165, 1.54) is 12.1 Å². The molecule has 0 bridgehead atoms. The SMILES string of the molecule is CC(C)(C)OC(=O)N1CCC(CN(C(=O)C(F)(F)F)C2CC2c2ccc(F)cc2)CC1. The minimum Gasteiger partial charge on any atom is -0.444 e. The first-order valence-electron chi connectivity index (χ1n) is 10.5. The third-order valence-electron chi connectivity index (χ3n) is 5.68. The lowest BCUT2D eigenvalue weighted by Gasteiger charge is -2.36. The second kappa shape index (κ2) is 8.67. The number of likely N-dealkylation sites (tertiary alicyclic amines) is 1. The van der Waals surface area contributed by atoms with E-state index < -0.39 is 35.6 Å².